The minimum Gasteiger partial charge on any atom is -0.463 e. The average molecular weight is 321 g/mol. The Balaban J connectivity index is 1.54. The van der Waals surface area contributed by atoms with Gasteiger partial charge in [0.05, 0.1) is 30.8 Å². The lowest BCUT2D eigenvalue weighted by Gasteiger charge is -2.24. The monoisotopic (exact) mass is 321 g/mol. The molecule has 1 spiro atoms. The van der Waals surface area contributed by atoms with Gasteiger partial charge in [-0.15, -0.1) is 0 Å². The highest BCUT2D eigenvalue weighted by Crippen LogP contribution is 2.52. The Morgan fingerprint density at radius 2 is 2.35 bits per heavy atom. The Morgan fingerprint density at radius 1 is 1.52 bits per heavy atom. The fourth-order valence-electron chi connectivity index (χ4n) is 4.35. The van der Waals surface area contributed by atoms with Crippen LogP contribution < -0.4 is 0 Å². The average Bonchev–Trinajstić information content (AvgIpc) is 3.21. The zero-order valence-electron chi connectivity index (χ0n) is 13.6. The molecule has 3 fully saturated rings. The molecule has 4 aliphatic rings. The summed E-state index contributed by atoms with van der Waals surface area (Å²) in [5, 5.41) is 0. The third-order valence-electron chi connectivity index (χ3n) is 5.25. The SMILES string of the molecule is CC(C)OC(=O)[C@H]1[C@H]2C(=O)N(C[C@H]3CCCO3)C[C@@]23C=C[C@H]1O3. The number of hydrogen-bond donors (Lipinski definition) is 0. The molecule has 23 heavy (non-hydrogen) atoms. The van der Waals surface area contributed by atoms with Gasteiger partial charge >= 0.3 is 5.97 Å². The number of ether oxygens (including phenoxy) is 3. The van der Waals surface area contributed by atoms with Crippen molar-refractivity contribution in [2.45, 2.75) is 50.6 Å². The van der Waals surface area contributed by atoms with E-state index in [-0.39, 0.29) is 30.2 Å². The summed E-state index contributed by atoms with van der Waals surface area (Å²) < 4.78 is 17.1. The van der Waals surface area contributed by atoms with Gasteiger partial charge < -0.3 is 19.1 Å². The molecule has 0 aliphatic carbocycles. The summed E-state index contributed by atoms with van der Waals surface area (Å²) in [7, 11) is 0. The Morgan fingerprint density at radius 3 is 3.04 bits per heavy atom. The first-order chi connectivity index (χ1) is 11.0. The molecule has 6 heteroatoms. The number of carbonyl (C=O) groups excluding carboxylic acids is 2. The lowest BCUT2D eigenvalue weighted by Crippen LogP contribution is -2.41. The Kier molecular flexibility index (Phi) is 3.50. The van der Waals surface area contributed by atoms with E-state index >= 15 is 0 Å². The van der Waals surface area contributed by atoms with Crippen LogP contribution >= 0.6 is 0 Å². The van der Waals surface area contributed by atoms with Gasteiger partial charge in [0.25, 0.3) is 0 Å². The number of fused-ring (bicyclic) bond motifs is 1. The standard InChI is InChI=1S/C17H23NO5/c1-10(2)22-16(20)13-12-5-6-17(23-12)9-18(15(19)14(13)17)8-11-4-3-7-21-11/h5-6,10-14H,3-4,7-9H2,1-2H3/t11-,12-,13-,14+,17+/m1/s1. The van der Waals surface area contributed by atoms with Crippen molar-refractivity contribution in [3.05, 3.63) is 12.2 Å². The number of carbonyl (C=O) groups is 2. The Bertz CT molecular complexity index is 553. The van der Waals surface area contributed by atoms with Crippen molar-refractivity contribution in [1.29, 1.82) is 0 Å². The van der Waals surface area contributed by atoms with Crippen LogP contribution in [0.3, 0.4) is 0 Å². The fraction of sp³-hybridized carbons (Fsp3) is 0.765. The molecule has 5 atom stereocenters. The van der Waals surface area contributed by atoms with Crippen LogP contribution in [0.15, 0.2) is 12.2 Å². The van der Waals surface area contributed by atoms with Crippen molar-refractivity contribution in [2.75, 3.05) is 19.7 Å². The second kappa shape index (κ2) is 5.31. The van der Waals surface area contributed by atoms with Crippen LogP contribution in [0.25, 0.3) is 0 Å². The maximum Gasteiger partial charge on any atom is 0.313 e. The summed E-state index contributed by atoms with van der Waals surface area (Å²) in [6.45, 7) is 5.50. The van der Waals surface area contributed by atoms with Crippen LogP contribution in [0.5, 0.6) is 0 Å². The Labute approximate surface area is 135 Å². The van der Waals surface area contributed by atoms with Crippen LogP contribution in [0.1, 0.15) is 26.7 Å². The van der Waals surface area contributed by atoms with Gasteiger partial charge in [-0.05, 0) is 26.7 Å². The number of esters is 1. The second-order valence-corrected chi connectivity index (χ2v) is 7.24. The zero-order chi connectivity index (χ0) is 16.2. The van der Waals surface area contributed by atoms with Crippen LogP contribution in [0.2, 0.25) is 0 Å². The molecule has 4 rings (SSSR count). The normalized spacial score (nSPS) is 41.2. The van der Waals surface area contributed by atoms with E-state index in [1.165, 1.54) is 0 Å². The second-order valence-electron chi connectivity index (χ2n) is 7.24. The molecule has 0 radical (unpaired) electrons. The molecule has 1 amide bonds. The number of amides is 1. The van der Waals surface area contributed by atoms with Crippen molar-refractivity contribution < 1.29 is 23.8 Å². The summed E-state index contributed by atoms with van der Waals surface area (Å²) >= 11 is 0. The molecular formula is C17H23NO5. The number of rotatable bonds is 4. The largest absolute Gasteiger partial charge is 0.463 e. The van der Waals surface area contributed by atoms with E-state index in [0.717, 1.165) is 19.4 Å². The number of nitrogens with zero attached hydrogens (tertiary/aromatic N) is 1. The molecular weight excluding hydrogens is 298 g/mol. The van der Waals surface area contributed by atoms with Crippen LogP contribution in [-0.2, 0) is 23.8 Å². The molecule has 0 N–H and O–H groups in total. The molecule has 4 heterocycles. The van der Waals surface area contributed by atoms with Gasteiger partial charge in [-0.2, -0.15) is 0 Å². The molecule has 0 aromatic rings. The summed E-state index contributed by atoms with van der Waals surface area (Å²) in [6.07, 6.45) is 5.49. The lowest BCUT2D eigenvalue weighted by atomic mass is 9.77. The molecule has 6 nitrogen and oxygen atoms in total. The zero-order valence-corrected chi connectivity index (χ0v) is 13.6. The molecule has 0 aromatic heterocycles. The van der Waals surface area contributed by atoms with Gasteiger partial charge in [-0.1, -0.05) is 12.2 Å². The van der Waals surface area contributed by atoms with Gasteiger partial charge in [0, 0.05) is 13.2 Å². The maximum absolute atomic E-state index is 12.9. The van der Waals surface area contributed by atoms with Crippen molar-refractivity contribution >= 4 is 11.9 Å². The quantitative estimate of drug-likeness (QED) is 0.568. The van der Waals surface area contributed by atoms with Crippen molar-refractivity contribution in [2.24, 2.45) is 11.8 Å². The maximum atomic E-state index is 12.9. The van der Waals surface area contributed by atoms with Crippen molar-refractivity contribution in [3.8, 4) is 0 Å². The first-order valence-electron chi connectivity index (χ1n) is 8.48. The fourth-order valence-corrected chi connectivity index (χ4v) is 4.35. The van der Waals surface area contributed by atoms with Crippen molar-refractivity contribution in [3.63, 3.8) is 0 Å². The van der Waals surface area contributed by atoms with E-state index in [4.69, 9.17) is 14.2 Å². The number of likely N-dealkylation sites (tertiary alicyclic amines) is 1. The Hall–Kier alpha value is -1.40. The van der Waals surface area contributed by atoms with Gasteiger partial charge in [-0.3, -0.25) is 9.59 Å². The van der Waals surface area contributed by atoms with E-state index in [2.05, 4.69) is 0 Å². The molecule has 3 saturated heterocycles. The minimum atomic E-state index is -0.652. The predicted octanol–water partition coefficient (Wildman–Crippen LogP) is 0.899. The molecule has 126 valence electrons. The van der Waals surface area contributed by atoms with Crippen LogP contribution in [0.4, 0.5) is 0 Å². The van der Waals surface area contributed by atoms with Gasteiger partial charge in [0.15, 0.2) is 0 Å². The molecule has 0 aromatic carbocycles. The highest BCUT2D eigenvalue weighted by atomic mass is 16.6. The molecule has 0 saturated carbocycles. The van der Waals surface area contributed by atoms with E-state index < -0.39 is 17.4 Å². The van der Waals surface area contributed by atoms with E-state index in [1.54, 1.807) is 0 Å². The van der Waals surface area contributed by atoms with Crippen LogP contribution in [0, 0.1) is 11.8 Å². The molecule has 4 aliphatic heterocycles. The summed E-state index contributed by atoms with van der Waals surface area (Å²) in [5.41, 5.74) is -0.652. The van der Waals surface area contributed by atoms with Crippen molar-refractivity contribution in [1.82, 2.24) is 4.90 Å². The molecule has 2 bridgehead atoms. The summed E-state index contributed by atoms with van der Waals surface area (Å²) in [4.78, 5) is 27.2. The van der Waals surface area contributed by atoms with E-state index in [9.17, 15) is 9.59 Å². The van der Waals surface area contributed by atoms with E-state index in [1.807, 2.05) is 30.9 Å². The van der Waals surface area contributed by atoms with Gasteiger partial charge in [0.2, 0.25) is 5.91 Å². The smallest absolute Gasteiger partial charge is 0.313 e. The number of hydrogen-bond acceptors (Lipinski definition) is 5. The highest BCUT2D eigenvalue weighted by molar-refractivity contribution is 5.91. The minimum absolute atomic E-state index is 0.00180. The third-order valence-corrected chi connectivity index (χ3v) is 5.25. The van der Waals surface area contributed by atoms with E-state index in [0.29, 0.717) is 13.1 Å². The first kappa shape index (κ1) is 15.1. The molecule has 0 unspecified atom stereocenters. The third kappa shape index (κ3) is 2.31. The highest BCUT2D eigenvalue weighted by Gasteiger charge is 2.67. The van der Waals surface area contributed by atoms with Gasteiger partial charge in [-0.25, -0.2) is 0 Å². The topological polar surface area (TPSA) is 65.1 Å². The predicted molar refractivity (Wildman–Crippen MR) is 80.5 cm³/mol. The van der Waals surface area contributed by atoms with Crippen LogP contribution in [-0.4, -0.2) is 60.4 Å². The lowest BCUT2D eigenvalue weighted by molar-refractivity contribution is -0.157. The summed E-state index contributed by atoms with van der Waals surface area (Å²) in [5.74, 6) is -1.30. The first-order valence-corrected chi connectivity index (χ1v) is 8.48. The van der Waals surface area contributed by atoms with Gasteiger partial charge in [0.1, 0.15) is 11.5 Å². The summed E-state index contributed by atoms with van der Waals surface area (Å²) in [6, 6.07) is 0.